The van der Waals surface area contributed by atoms with Crippen molar-refractivity contribution in [1.82, 2.24) is 0 Å². The topological polar surface area (TPSA) is 0 Å². The maximum atomic E-state index is 6.05. The van der Waals surface area contributed by atoms with Gasteiger partial charge in [0.15, 0.2) is 0 Å². The molecule has 2 heteroatoms. The van der Waals surface area contributed by atoms with Gasteiger partial charge in [0.1, 0.15) is 0 Å². The molecule has 1 atom stereocenters. The number of alkyl halides is 1. The van der Waals surface area contributed by atoms with Crippen LogP contribution in [0.3, 0.4) is 0 Å². The van der Waals surface area contributed by atoms with Crippen molar-refractivity contribution in [3.05, 3.63) is 34.9 Å². The van der Waals surface area contributed by atoms with Gasteiger partial charge in [0.05, 0.1) is 0 Å². The number of halogens is 2. The van der Waals surface area contributed by atoms with Crippen LogP contribution in [0.4, 0.5) is 0 Å². The summed E-state index contributed by atoms with van der Waals surface area (Å²) >= 11 is 9.74. The first-order chi connectivity index (χ1) is 8.29. The molecule has 0 aromatic heterocycles. The quantitative estimate of drug-likeness (QED) is 0.646. The van der Waals surface area contributed by atoms with E-state index in [1.54, 1.807) is 0 Å². The van der Waals surface area contributed by atoms with Crippen LogP contribution in [0.2, 0.25) is 5.02 Å². The Balaban J connectivity index is 1.98. The zero-order chi connectivity index (χ0) is 12.1. The first-order valence-electron chi connectivity index (χ1n) is 6.60. The van der Waals surface area contributed by atoms with Crippen LogP contribution in [-0.4, -0.2) is 5.33 Å². The van der Waals surface area contributed by atoms with Crippen LogP contribution < -0.4 is 0 Å². The first-order valence-corrected chi connectivity index (χ1v) is 8.10. The van der Waals surface area contributed by atoms with Crippen LogP contribution in [0.15, 0.2) is 24.3 Å². The highest BCUT2D eigenvalue weighted by atomic mass is 79.9. The number of hydrogen-bond acceptors (Lipinski definition) is 0. The van der Waals surface area contributed by atoms with E-state index in [9.17, 15) is 0 Å². The highest BCUT2D eigenvalue weighted by molar-refractivity contribution is 9.09. The SMILES string of the molecule is Clc1cccc(CC(CBr)C2CCCCC2)c1. The summed E-state index contributed by atoms with van der Waals surface area (Å²) in [5, 5.41) is 1.98. The second-order valence-electron chi connectivity index (χ2n) is 5.15. The van der Waals surface area contributed by atoms with Gasteiger partial charge < -0.3 is 0 Å². The van der Waals surface area contributed by atoms with Gasteiger partial charge in [-0.2, -0.15) is 0 Å². The molecule has 1 aromatic rings. The standard InChI is InChI=1S/C15H20BrCl/c16-11-14(13-6-2-1-3-7-13)9-12-5-4-8-15(17)10-12/h4-5,8,10,13-14H,1-3,6-7,9,11H2. The van der Waals surface area contributed by atoms with E-state index in [1.807, 2.05) is 6.07 Å². The average Bonchev–Trinajstić information content (AvgIpc) is 2.37. The Morgan fingerprint density at radius 2 is 2.00 bits per heavy atom. The lowest BCUT2D eigenvalue weighted by atomic mass is 9.78. The fraction of sp³-hybridized carbons (Fsp3) is 0.600. The van der Waals surface area contributed by atoms with E-state index in [0.29, 0.717) is 0 Å². The Labute approximate surface area is 118 Å². The molecule has 0 aliphatic heterocycles. The normalized spacial score (nSPS) is 19.2. The molecule has 1 aliphatic carbocycles. The molecule has 0 amide bonds. The van der Waals surface area contributed by atoms with E-state index in [1.165, 1.54) is 37.7 Å². The molecule has 0 radical (unpaired) electrons. The largest absolute Gasteiger partial charge is 0.0925 e. The van der Waals surface area contributed by atoms with Crippen molar-refractivity contribution in [2.75, 3.05) is 5.33 Å². The smallest absolute Gasteiger partial charge is 0.0408 e. The van der Waals surface area contributed by atoms with Gasteiger partial charge in [0, 0.05) is 10.4 Å². The lowest BCUT2D eigenvalue weighted by molar-refractivity contribution is 0.267. The van der Waals surface area contributed by atoms with Crippen LogP contribution in [-0.2, 0) is 6.42 Å². The van der Waals surface area contributed by atoms with Gasteiger partial charge in [0.25, 0.3) is 0 Å². The third-order valence-corrected chi connectivity index (χ3v) is 4.97. The molecule has 1 unspecified atom stereocenters. The number of rotatable bonds is 4. The molecule has 1 saturated carbocycles. The Morgan fingerprint density at radius 1 is 1.24 bits per heavy atom. The summed E-state index contributed by atoms with van der Waals surface area (Å²) in [5.74, 6) is 1.68. The molecule has 0 saturated heterocycles. The third-order valence-electron chi connectivity index (χ3n) is 3.90. The molecule has 2 rings (SSSR count). The van der Waals surface area contributed by atoms with Gasteiger partial charge in [-0.1, -0.05) is 71.8 Å². The van der Waals surface area contributed by atoms with E-state index >= 15 is 0 Å². The fourth-order valence-electron chi connectivity index (χ4n) is 2.92. The average molecular weight is 316 g/mol. The van der Waals surface area contributed by atoms with E-state index in [2.05, 4.69) is 34.1 Å². The van der Waals surface area contributed by atoms with Gasteiger partial charge in [-0.3, -0.25) is 0 Å². The Hall–Kier alpha value is -0.0100. The predicted octanol–water partition coefficient (Wildman–Crippen LogP) is 5.47. The van der Waals surface area contributed by atoms with E-state index < -0.39 is 0 Å². The highest BCUT2D eigenvalue weighted by Gasteiger charge is 2.22. The molecule has 0 N–H and O–H groups in total. The van der Waals surface area contributed by atoms with Crippen LogP contribution in [0, 0.1) is 11.8 Å². The maximum absolute atomic E-state index is 6.05. The minimum Gasteiger partial charge on any atom is -0.0925 e. The molecule has 0 nitrogen and oxygen atoms in total. The predicted molar refractivity (Wildman–Crippen MR) is 79.0 cm³/mol. The van der Waals surface area contributed by atoms with Crippen LogP contribution in [0.1, 0.15) is 37.7 Å². The van der Waals surface area contributed by atoms with Gasteiger partial charge >= 0.3 is 0 Å². The molecule has 0 spiro atoms. The Morgan fingerprint density at radius 3 is 2.65 bits per heavy atom. The first kappa shape index (κ1) is 13.4. The zero-order valence-corrected chi connectivity index (χ0v) is 12.5. The molecular formula is C15H20BrCl. The highest BCUT2D eigenvalue weighted by Crippen LogP contribution is 2.33. The van der Waals surface area contributed by atoms with Crippen molar-refractivity contribution in [2.24, 2.45) is 11.8 Å². The minimum absolute atomic E-state index is 0.772. The van der Waals surface area contributed by atoms with Gasteiger partial charge in [-0.25, -0.2) is 0 Å². The van der Waals surface area contributed by atoms with Gasteiger partial charge in [0.2, 0.25) is 0 Å². The van der Waals surface area contributed by atoms with Crippen molar-refractivity contribution in [2.45, 2.75) is 38.5 Å². The van der Waals surface area contributed by atoms with E-state index in [-0.39, 0.29) is 0 Å². The van der Waals surface area contributed by atoms with Crippen LogP contribution in [0.5, 0.6) is 0 Å². The van der Waals surface area contributed by atoms with Crippen molar-refractivity contribution >= 4 is 27.5 Å². The maximum Gasteiger partial charge on any atom is 0.0408 e. The number of benzene rings is 1. The third kappa shape index (κ3) is 3.99. The molecule has 1 aromatic carbocycles. The van der Waals surface area contributed by atoms with Crippen molar-refractivity contribution in [3.8, 4) is 0 Å². The molecule has 17 heavy (non-hydrogen) atoms. The van der Waals surface area contributed by atoms with Crippen molar-refractivity contribution < 1.29 is 0 Å². The second kappa shape index (κ2) is 6.80. The molecule has 0 bridgehead atoms. The summed E-state index contributed by atoms with van der Waals surface area (Å²) in [6, 6.07) is 8.32. The lowest BCUT2D eigenvalue weighted by Crippen LogP contribution is -2.21. The van der Waals surface area contributed by atoms with Crippen LogP contribution >= 0.6 is 27.5 Å². The summed E-state index contributed by atoms with van der Waals surface area (Å²) in [7, 11) is 0. The minimum atomic E-state index is 0.772. The van der Waals surface area contributed by atoms with Gasteiger partial charge in [-0.15, -0.1) is 0 Å². The zero-order valence-electron chi connectivity index (χ0n) is 10.2. The number of hydrogen-bond donors (Lipinski definition) is 0. The summed E-state index contributed by atoms with van der Waals surface area (Å²) in [4.78, 5) is 0. The van der Waals surface area contributed by atoms with E-state index in [4.69, 9.17) is 11.6 Å². The molecule has 1 fully saturated rings. The van der Waals surface area contributed by atoms with Gasteiger partial charge in [-0.05, 0) is 36.0 Å². The summed E-state index contributed by atoms with van der Waals surface area (Å²) in [5.41, 5.74) is 1.38. The van der Waals surface area contributed by atoms with Crippen molar-refractivity contribution in [3.63, 3.8) is 0 Å². The fourth-order valence-corrected chi connectivity index (χ4v) is 3.89. The Bertz CT molecular complexity index is 345. The molecule has 94 valence electrons. The summed E-state index contributed by atoms with van der Waals surface area (Å²) < 4.78 is 0. The van der Waals surface area contributed by atoms with E-state index in [0.717, 1.165) is 28.6 Å². The van der Waals surface area contributed by atoms with Crippen LogP contribution in [0.25, 0.3) is 0 Å². The summed E-state index contributed by atoms with van der Waals surface area (Å²) in [6.45, 7) is 0. The molecule has 0 heterocycles. The lowest BCUT2D eigenvalue weighted by Gasteiger charge is -2.29. The van der Waals surface area contributed by atoms with Crippen molar-refractivity contribution in [1.29, 1.82) is 0 Å². The Kier molecular flexibility index (Phi) is 5.37. The monoisotopic (exact) mass is 314 g/mol. The molecular weight excluding hydrogens is 296 g/mol. The second-order valence-corrected chi connectivity index (χ2v) is 6.23. The summed E-state index contributed by atoms with van der Waals surface area (Å²) in [6.07, 6.45) is 8.26. The molecule has 1 aliphatic rings.